The van der Waals surface area contributed by atoms with E-state index >= 15 is 0 Å². The zero-order chi connectivity index (χ0) is 20.8. The number of fused-ring (bicyclic) bond motifs is 3. The third-order valence-corrected chi connectivity index (χ3v) is 4.94. The molecule has 0 heterocycles. The molecule has 2 aromatic carbocycles. The van der Waals surface area contributed by atoms with Crippen LogP contribution in [0.3, 0.4) is 0 Å². The molecule has 0 bridgehead atoms. The Morgan fingerprint density at radius 3 is 2.17 bits per heavy atom. The van der Waals surface area contributed by atoms with Gasteiger partial charge in [0.2, 0.25) is 5.91 Å². The first-order chi connectivity index (χ1) is 14.0. The van der Waals surface area contributed by atoms with Gasteiger partial charge in [-0.15, -0.1) is 0 Å². The number of alkyl carbamates (subject to hydrolysis) is 1. The molecule has 0 aliphatic heterocycles. The van der Waals surface area contributed by atoms with Crippen molar-refractivity contribution in [2.75, 3.05) is 13.7 Å². The smallest absolute Gasteiger partial charge is 0.407 e. The second kappa shape index (κ2) is 9.20. The molecular formula is C21H23N3O5. The Labute approximate surface area is 168 Å². The van der Waals surface area contributed by atoms with Crippen LogP contribution >= 0.6 is 0 Å². The number of hydrogen-bond acceptors (Lipinski definition) is 6. The fourth-order valence-corrected chi connectivity index (χ4v) is 3.52. The number of hydrogen-bond donors (Lipinski definition) is 3. The van der Waals surface area contributed by atoms with Gasteiger partial charge in [0.1, 0.15) is 12.6 Å². The molecule has 2 amide bonds. The Balaban J connectivity index is 1.65. The number of hydrazine groups is 1. The summed E-state index contributed by atoms with van der Waals surface area (Å²) in [6.07, 6.45) is -0.754. The quantitative estimate of drug-likeness (QED) is 0.284. The first kappa shape index (κ1) is 20.3. The van der Waals surface area contributed by atoms with Gasteiger partial charge in [-0.25, -0.2) is 15.4 Å². The Hall–Kier alpha value is -3.39. The lowest BCUT2D eigenvalue weighted by molar-refractivity contribution is -0.143. The Bertz CT molecular complexity index is 869. The molecule has 8 nitrogen and oxygen atoms in total. The monoisotopic (exact) mass is 397 g/mol. The van der Waals surface area contributed by atoms with E-state index in [0.29, 0.717) is 0 Å². The minimum absolute atomic E-state index is 0.0416. The van der Waals surface area contributed by atoms with Crippen LogP contribution in [-0.2, 0) is 19.1 Å². The molecule has 152 valence electrons. The van der Waals surface area contributed by atoms with Crippen molar-refractivity contribution in [3.05, 3.63) is 59.7 Å². The van der Waals surface area contributed by atoms with E-state index in [4.69, 9.17) is 10.6 Å². The van der Waals surface area contributed by atoms with Crippen molar-refractivity contribution in [2.24, 2.45) is 5.84 Å². The minimum atomic E-state index is -1.01. The molecule has 1 aliphatic carbocycles. The number of carbonyl (C=O) groups excluding carboxylic acids is 3. The van der Waals surface area contributed by atoms with Gasteiger partial charge in [-0.1, -0.05) is 48.5 Å². The highest BCUT2D eigenvalue weighted by Crippen LogP contribution is 2.44. The van der Waals surface area contributed by atoms with Crippen LogP contribution in [0.2, 0.25) is 0 Å². The standard InChI is InChI=1S/C21H23N3O5/c1-28-20(26)18(10-11-19(25)24-22)23-21(27)29-12-17-15-8-4-2-6-13(15)14-7-3-5-9-16(14)17/h2-9,17-18H,10-12,22H2,1H3,(H,23,27)(H,24,25). The predicted molar refractivity (Wildman–Crippen MR) is 106 cm³/mol. The van der Waals surface area contributed by atoms with Crippen molar-refractivity contribution in [1.82, 2.24) is 10.7 Å². The van der Waals surface area contributed by atoms with E-state index in [0.717, 1.165) is 22.3 Å². The molecule has 0 radical (unpaired) electrons. The van der Waals surface area contributed by atoms with Crippen LogP contribution < -0.4 is 16.6 Å². The summed E-state index contributed by atoms with van der Waals surface area (Å²) in [7, 11) is 1.21. The Morgan fingerprint density at radius 1 is 1.03 bits per heavy atom. The van der Waals surface area contributed by atoms with Crippen LogP contribution in [-0.4, -0.2) is 37.7 Å². The van der Waals surface area contributed by atoms with Crippen molar-refractivity contribution >= 4 is 18.0 Å². The Morgan fingerprint density at radius 2 is 1.62 bits per heavy atom. The van der Waals surface area contributed by atoms with Crippen LogP contribution in [0.15, 0.2) is 48.5 Å². The van der Waals surface area contributed by atoms with Crippen molar-refractivity contribution in [2.45, 2.75) is 24.8 Å². The summed E-state index contributed by atoms with van der Waals surface area (Å²) in [5.74, 6) is 3.83. The summed E-state index contributed by atoms with van der Waals surface area (Å²) in [5, 5.41) is 2.46. The highest BCUT2D eigenvalue weighted by Gasteiger charge is 2.30. The summed E-state index contributed by atoms with van der Waals surface area (Å²) in [4.78, 5) is 35.5. The lowest BCUT2D eigenvalue weighted by Crippen LogP contribution is -2.43. The molecule has 0 aromatic heterocycles. The van der Waals surface area contributed by atoms with Gasteiger partial charge in [-0.05, 0) is 28.7 Å². The number of nitrogens with one attached hydrogen (secondary N) is 2. The molecule has 2 aromatic rings. The highest BCUT2D eigenvalue weighted by molar-refractivity contribution is 5.83. The SMILES string of the molecule is COC(=O)C(CCC(=O)NN)NC(=O)OCC1c2ccccc2-c2ccccc21. The molecule has 8 heteroatoms. The fourth-order valence-electron chi connectivity index (χ4n) is 3.52. The maximum Gasteiger partial charge on any atom is 0.407 e. The van der Waals surface area contributed by atoms with Gasteiger partial charge in [0, 0.05) is 12.3 Å². The summed E-state index contributed by atoms with van der Waals surface area (Å²) in [6, 6.07) is 15.0. The van der Waals surface area contributed by atoms with Crippen LogP contribution in [0, 0.1) is 0 Å². The maximum absolute atomic E-state index is 12.3. The van der Waals surface area contributed by atoms with Crippen molar-refractivity contribution in [3.63, 3.8) is 0 Å². The van der Waals surface area contributed by atoms with Crippen LogP contribution in [0.5, 0.6) is 0 Å². The molecule has 1 unspecified atom stereocenters. The summed E-state index contributed by atoms with van der Waals surface area (Å²) < 4.78 is 10.1. The average molecular weight is 397 g/mol. The number of rotatable bonds is 7. The fraction of sp³-hybridized carbons (Fsp3) is 0.286. The first-order valence-electron chi connectivity index (χ1n) is 9.24. The van der Waals surface area contributed by atoms with E-state index in [2.05, 4.69) is 10.1 Å². The second-order valence-electron chi connectivity index (χ2n) is 6.65. The van der Waals surface area contributed by atoms with Gasteiger partial charge >= 0.3 is 12.1 Å². The van der Waals surface area contributed by atoms with Crippen molar-refractivity contribution < 1.29 is 23.9 Å². The molecule has 4 N–H and O–H groups in total. The summed E-state index contributed by atoms with van der Waals surface area (Å²) in [6.45, 7) is 0.122. The second-order valence-corrected chi connectivity index (χ2v) is 6.65. The largest absolute Gasteiger partial charge is 0.467 e. The third-order valence-electron chi connectivity index (χ3n) is 4.94. The highest BCUT2D eigenvalue weighted by atomic mass is 16.6. The molecule has 1 aliphatic rings. The van der Waals surface area contributed by atoms with Gasteiger partial charge in [0.15, 0.2) is 0 Å². The number of esters is 1. The molecule has 29 heavy (non-hydrogen) atoms. The van der Waals surface area contributed by atoms with E-state index < -0.39 is 24.0 Å². The van der Waals surface area contributed by atoms with E-state index in [1.54, 1.807) is 0 Å². The van der Waals surface area contributed by atoms with Gasteiger partial charge in [-0.3, -0.25) is 10.2 Å². The van der Waals surface area contributed by atoms with Crippen LogP contribution in [0.25, 0.3) is 11.1 Å². The lowest BCUT2D eigenvalue weighted by atomic mass is 9.98. The summed E-state index contributed by atoms with van der Waals surface area (Å²) >= 11 is 0. The topological polar surface area (TPSA) is 120 Å². The van der Waals surface area contributed by atoms with Crippen LogP contribution in [0.1, 0.15) is 29.9 Å². The van der Waals surface area contributed by atoms with Gasteiger partial charge in [-0.2, -0.15) is 0 Å². The zero-order valence-corrected chi connectivity index (χ0v) is 16.0. The zero-order valence-electron chi connectivity index (χ0n) is 16.0. The van der Waals surface area contributed by atoms with Gasteiger partial charge < -0.3 is 14.8 Å². The van der Waals surface area contributed by atoms with E-state index in [9.17, 15) is 14.4 Å². The number of carbonyl (C=O) groups is 3. The first-order valence-corrected chi connectivity index (χ1v) is 9.24. The van der Waals surface area contributed by atoms with E-state index in [1.807, 2.05) is 54.0 Å². The average Bonchev–Trinajstić information content (AvgIpc) is 3.08. The molecule has 0 saturated carbocycles. The lowest BCUT2D eigenvalue weighted by Gasteiger charge is -2.18. The molecule has 0 spiro atoms. The Kier molecular flexibility index (Phi) is 6.46. The number of benzene rings is 2. The number of ether oxygens (including phenoxy) is 2. The van der Waals surface area contributed by atoms with Gasteiger partial charge in [0.05, 0.1) is 7.11 Å². The maximum atomic E-state index is 12.3. The minimum Gasteiger partial charge on any atom is -0.467 e. The van der Waals surface area contributed by atoms with E-state index in [1.165, 1.54) is 7.11 Å². The van der Waals surface area contributed by atoms with Gasteiger partial charge in [0.25, 0.3) is 0 Å². The molecule has 1 atom stereocenters. The summed E-state index contributed by atoms with van der Waals surface area (Å²) in [5.41, 5.74) is 6.40. The number of nitrogens with two attached hydrogens (primary N) is 1. The predicted octanol–water partition coefficient (Wildman–Crippen LogP) is 1.84. The molecule has 3 rings (SSSR count). The van der Waals surface area contributed by atoms with Crippen molar-refractivity contribution in [3.8, 4) is 11.1 Å². The van der Waals surface area contributed by atoms with Crippen molar-refractivity contribution in [1.29, 1.82) is 0 Å². The number of methoxy groups -OCH3 is 1. The van der Waals surface area contributed by atoms with Crippen LogP contribution in [0.4, 0.5) is 4.79 Å². The van der Waals surface area contributed by atoms with E-state index in [-0.39, 0.29) is 25.4 Å². The molecule has 0 fully saturated rings. The molecule has 0 saturated heterocycles. The number of amides is 2. The normalized spacial score (nSPS) is 13.0. The third kappa shape index (κ3) is 4.55. The molecular weight excluding hydrogens is 374 g/mol.